The highest BCUT2D eigenvalue weighted by molar-refractivity contribution is 5.79. The average molecular weight is 261 g/mol. The number of Topliss-reactive ketones (excluding diaryl/α,β-unsaturated/α-hetero) is 1. The van der Waals surface area contributed by atoms with Crippen molar-refractivity contribution >= 4 is 17.7 Å². The summed E-state index contributed by atoms with van der Waals surface area (Å²) in [5.41, 5.74) is 0. The number of aliphatic carboxylic acids is 1. The van der Waals surface area contributed by atoms with Gasteiger partial charge in [0.2, 0.25) is 0 Å². The second kappa shape index (κ2) is 9.58. The van der Waals surface area contributed by atoms with Gasteiger partial charge < -0.3 is 23.9 Å². The number of likely N-dealkylation sites (N-methyl/N-ethyl adjacent to an activating group) is 1. The second-order valence-corrected chi connectivity index (χ2v) is 4.83. The van der Waals surface area contributed by atoms with Crippen molar-refractivity contribution in [2.24, 2.45) is 0 Å². The number of hydrogen-bond acceptors (Lipinski definition) is 5. The lowest BCUT2D eigenvalue weighted by Gasteiger charge is -2.21. The van der Waals surface area contributed by atoms with E-state index in [2.05, 4.69) is 0 Å². The lowest BCUT2D eigenvalue weighted by atomic mass is 10.2. The predicted octanol–water partition coefficient (Wildman–Crippen LogP) is -0.639. The van der Waals surface area contributed by atoms with E-state index >= 15 is 0 Å². The molecule has 0 rings (SSSR count). The number of rotatable bonds is 6. The maximum absolute atomic E-state index is 10.8. The first-order valence-corrected chi connectivity index (χ1v) is 5.73. The van der Waals surface area contributed by atoms with Gasteiger partial charge in [0.05, 0.1) is 27.7 Å². The smallest absolute Gasteiger partial charge is 0.361 e. The van der Waals surface area contributed by atoms with E-state index in [1.165, 1.54) is 6.92 Å². The molecule has 0 radical (unpaired) electrons. The quantitative estimate of drug-likeness (QED) is 0.469. The molecule has 0 aliphatic heterocycles. The summed E-state index contributed by atoms with van der Waals surface area (Å²) in [6.07, 6.45) is -0.0718. The van der Waals surface area contributed by atoms with Crippen LogP contribution in [0.1, 0.15) is 26.7 Å². The molecule has 6 nitrogen and oxygen atoms in total. The van der Waals surface area contributed by atoms with Gasteiger partial charge in [-0.15, -0.1) is 0 Å². The van der Waals surface area contributed by atoms with Gasteiger partial charge in [-0.05, 0) is 20.3 Å². The van der Waals surface area contributed by atoms with E-state index in [0.717, 1.165) is 0 Å². The minimum Gasteiger partial charge on any atom is -0.550 e. The molecule has 0 bridgehead atoms. The Hall–Kier alpha value is -1.43. The number of nitrogens with zero attached hydrogens (tertiary/aromatic N) is 1. The minimum atomic E-state index is -1.17. The Balaban J connectivity index is 0. The highest BCUT2D eigenvalue weighted by atomic mass is 16.5. The zero-order chi connectivity index (χ0) is 14.8. The second-order valence-electron chi connectivity index (χ2n) is 4.83. The van der Waals surface area contributed by atoms with E-state index in [9.17, 15) is 19.5 Å². The van der Waals surface area contributed by atoms with Crippen molar-refractivity contribution in [2.45, 2.75) is 26.7 Å². The molecule has 0 atom stereocenters. The largest absolute Gasteiger partial charge is 0.550 e. The summed E-state index contributed by atoms with van der Waals surface area (Å²) in [5, 5.41) is 9.64. The molecule has 106 valence electrons. The van der Waals surface area contributed by atoms with E-state index in [0.29, 0.717) is 17.6 Å². The van der Waals surface area contributed by atoms with Gasteiger partial charge in [-0.25, -0.2) is 4.79 Å². The van der Waals surface area contributed by atoms with Crippen LogP contribution in [0.25, 0.3) is 0 Å². The normalized spacial score (nSPS) is 10.1. The van der Waals surface area contributed by atoms with Crippen LogP contribution in [0, 0.1) is 0 Å². The first-order chi connectivity index (χ1) is 8.08. The van der Waals surface area contributed by atoms with Crippen LogP contribution in [-0.4, -0.2) is 56.5 Å². The molecular formula is C12H23NO5. The van der Waals surface area contributed by atoms with Crippen molar-refractivity contribution in [3.05, 3.63) is 0 Å². The molecule has 0 saturated heterocycles. The zero-order valence-electron chi connectivity index (χ0n) is 11.8. The van der Waals surface area contributed by atoms with Crippen molar-refractivity contribution in [1.29, 1.82) is 0 Å². The molecule has 18 heavy (non-hydrogen) atoms. The molecule has 0 aliphatic rings. The van der Waals surface area contributed by atoms with E-state index in [4.69, 9.17) is 4.74 Å². The lowest BCUT2D eigenvalue weighted by molar-refractivity contribution is -0.862. The number of quaternary nitrogens is 1. The molecule has 0 unspecified atom stereocenters. The van der Waals surface area contributed by atoms with Crippen LogP contribution in [0.4, 0.5) is 0 Å². The van der Waals surface area contributed by atoms with Crippen molar-refractivity contribution in [3.8, 4) is 0 Å². The number of carboxylic acids is 1. The number of carboxylic acid groups (broad SMARTS) is 1. The number of ketones is 1. The molecule has 0 aliphatic carbocycles. The van der Waals surface area contributed by atoms with Crippen LogP contribution in [0.5, 0.6) is 0 Å². The fraction of sp³-hybridized carbons (Fsp3) is 0.750. The molecule has 0 N–H and O–H groups in total. The first kappa shape index (κ1) is 18.9. The van der Waals surface area contributed by atoms with Crippen LogP contribution in [0.2, 0.25) is 0 Å². The summed E-state index contributed by atoms with van der Waals surface area (Å²) in [7, 11) is 5.87. The molecule has 0 aromatic rings. The molecule has 0 heterocycles. The molecule has 0 amide bonds. The molecule has 0 spiro atoms. The maximum atomic E-state index is 10.8. The van der Waals surface area contributed by atoms with Gasteiger partial charge in [-0.3, -0.25) is 0 Å². The molecular weight excluding hydrogens is 238 g/mol. The molecule has 0 fully saturated rings. The van der Waals surface area contributed by atoms with Crippen molar-refractivity contribution < 1.29 is 28.7 Å². The fourth-order valence-electron chi connectivity index (χ4n) is 0.872. The summed E-state index contributed by atoms with van der Waals surface area (Å²) in [6.45, 7) is 4.07. The number of carbonyl (C=O) groups is 3. The van der Waals surface area contributed by atoms with Crippen LogP contribution >= 0.6 is 0 Å². The van der Waals surface area contributed by atoms with Crippen LogP contribution in [-0.2, 0) is 19.1 Å². The fourth-order valence-corrected chi connectivity index (χ4v) is 0.872. The van der Waals surface area contributed by atoms with E-state index in [-0.39, 0.29) is 24.6 Å². The van der Waals surface area contributed by atoms with Crippen molar-refractivity contribution in [2.75, 3.05) is 34.3 Å². The molecule has 0 aromatic carbocycles. The third-order valence-electron chi connectivity index (χ3n) is 1.59. The van der Waals surface area contributed by atoms with E-state index in [1.54, 1.807) is 0 Å². The first-order valence-electron chi connectivity index (χ1n) is 5.73. The highest BCUT2D eigenvalue weighted by Gasteiger charge is 2.14. The molecule has 0 saturated carbocycles. The number of hydrogen-bond donors (Lipinski definition) is 0. The summed E-state index contributed by atoms with van der Waals surface area (Å²) < 4.78 is 5.39. The van der Waals surface area contributed by atoms with Gasteiger partial charge >= 0.3 is 5.97 Å². The Morgan fingerprint density at radius 2 is 1.61 bits per heavy atom. The van der Waals surface area contributed by atoms with E-state index < -0.39 is 5.97 Å². The number of esters is 1. The topological polar surface area (TPSA) is 83.5 Å². The monoisotopic (exact) mass is 261 g/mol. The number of carbonyl (C=O) groups excluding carboxylic acids is 3. The Bertz CT molecular complexity index is 267. The zero-order valence-corrected chi connectivity index (χ0v) is 11.8. The van der Waals surface area contributed by atoms with Gasteiger partial charge in [-0.2, -0.15) is 0 Å². The number of ether oxygens (including phenoxy) is 1. The van der Waals surface area contributed by atoms with Crippen LogP contribution < -0.4 is 5.11 Å². The van der Waals surface area contributed by atoms with Crippen molar-refractivity contribution in [1.82, 2.24) is 0 Å². The SMILES string of the molecule is CC(=O)CCC(=O)[O-].CCOC(=O)C[N+](C)(C)C. The Morgan fingerprint density at radius 3 is 1.83 bits per heavy atom. The van der Waals surface area contributed by atoms with Gasteiger partial charge in [0.1, 0.15) is 5.78 Å². The summed E-state index contributed by atoms with van der Waals surface area (Å²) in [6, 6.07) is 0. The standard InChI is InChI=1S/C7H16NO2.C5H8O3/c1-5-10-7(9)6-8(2,3)4;1-4(6)2-3-5(7)8/h5-6H2,1-4H3;2-3H2,1H3,(H,7,8)/q+1;/p-1. The Labute approximate surface area is 108 Å². The van der Waals surface area contributed by atoms with Crippen LogP contribution in [0.15, 0.2) is 0 Å². The van der Waals surface area contributed by atoms with Crippen LogP contribution in [0.3, 0.4) is 0 Å². The third-order valence-corrected chi connectivity index (χ3v) is 1.59. The van der Waals surface area contributed by atoms with Gasteiger partial charge in [0.25, 0.3) is 0 Å². The molecule has 6 heteroatoms. The van der Waals surface area contributed by atoms with Gasteiger partial charge in [0, 0.05) is 12.4 Å². The lowest BCUT2D eigenvalue weighted by Crippen LogP contribution is -2.40. The highest BCUT2D eigenvalue weighted by Crippen LogP contribution is 1.90. The summed E-state index contributed by atoms with van der Waals surface area (Å²) in [5.74, 6) is -1.41. The minimum absolute atomic E-state index is 0.0856. The van der Waals surface area contributed by atoms with Gasteiger partial charge in [-0.1, -0.05) is 0 Å². The molecule has 0 aromatic heterocycles. The van der Waals surface area contributed by atoms with E-state index in [1.807, 2.05) is 28.1 Å². The summed E-state index contributed by atoms with van der Waals surface area (Å²) >= 11 is 0. The predicted molar refractivity (Wildman–Crippen MR) is 64.5 cm³/mol. The van der Waals surface area contributed by atoms with Crippen molar-refractivity contribution in [3.63, 3.8) is 0 Å². The maximum Gasteiger partial charge on any atom is 0.361 e. The Morgan fingerprint density at radius 1 is 1.11 bits per heavy atom. The summed E-state index contributed by atoms with van der Waals surface area (Å²) in [4.78, 5) is 30.5. The average Bonchev–Trinajstić information content (AvgIpc) is 2.13. The third kappa shape index (κ3) is 20.0. The Kier molecular flexibility index (Phi) is 10.1. The van der Waals surface area contributed by atoms with Gasteiger partial charge in [0.15, 0.2) is 6.54 Å².